The molecule has 0 aliphatic heterocycles. The van der Waals surface area contributed by atoms with Gasteiger partial charge in [0, 0.05) is 34.0 Å². The summed E-state index contributed by atoms with van der Waals surface area (Å²) in [5.74, 6) is 23.5. The lowest BCUT2D eigenvalue weighted by Crippen LogP contribution is -2.15. The maximum absolute atomic E-state index is 9.53. The molecule has 0 aliphatic carbocycles. The maximum atomic E-state index is 9.53. The van der Waals surface area contributed by atoms with Crippen molar-refractivity contribution in [3.63, 3.8) is 0 Å². The van der Waals surface area contributed by atoms with E-state index in [1.807, 2.05) is 24.3 Å². The minimum atomic E-state index is -1.11. The van der Waals surface area contributed by atoms with Crippen molar-refractivity contribution >= 4 is 23.2 Å². The maximum Gasteiger partial charge on any atom is 0.145 e. The summed E-state index contributed by atoms with van der Waals surface area (Å²) in [4.78, 5) is 0. The Labute approximate surface area is 229 Å². The molecule has 4 nitrogen and oxygen atoms in total. The standard InChI is InChI=1S/C31H24Cl2N2O2/c32-29-15-11-27(12-16-29)9-7-23-36-21-5-1-3-19-31(25-34,26-35)20-4-2-6-22-37-24-8-10-28-13-17-30(33)18-14-28/h11-18H,3-4,19-24H2. The van der Waals surface area contributed by atoms with Crippen LogP contribution in [0.25, 0.3) is 0 Å². The van der Waals surface area contributed by atoms with Gasteiger partial charge in [-0.2, -0.15) is 10.5 Å². The molecule has 0 aromatic heterocycles. The lowest BCUT2D eigenvalue weighted by molar-refractivity contribution is 0.204. The van der Waals surface area contributed by atoms with Crippen molar-refractivity contribution in [3.8, 4) is 59.5 Å². The molecule has 6 heteroatoms. The van der Waals surface area contributed by atoms with Gasteiger partial charge >= 0.3 is 0 Å². The molecule has 0 unspecified atom stereocenters. The van der Waals surface area contributed by atoms with Crippen molar-refractivity contribution in [1.82, 2.24) is 0 Å². The number of hydrogen-bond acceptors (Lipinski definition) is 4. The molecular weight excluding hydrogens is 503 g/mol. The minimum Gasteiger partial charge on any atom is -0.356 e. The first kappa shape index (κ1) is 29.4. The molecule has 0 heterocycles. The van der Waals surface area contributed by atoms with E-state index in [1.54, 1.807) is 24.3 Å². The van der Waals surface area contributed by atoms with Gasteiger partial charge in [-0.25, -0.2) is 0 Å². The van der Waals surface area contributed by atoms with Crippen LogP contribution in [0, 0.1) is 75.4 Å². The highest BCUT2D eigenvalue weighted by Crippen LogP contribution is 2.27. The van der Waals surface area contributed by atoms with Gasteiger partial charge in [0.1, 0.15) is 31.8 Å². The van der Waals surface area contributed by atoms with Crippen molar-refractivity contribution in [3.05, 3.63) is 69.7 Å². The summed E-state index contributed by atoms with van der Waals surface area (Å²) >= 11 is 11.7. The van der Waals surface area contributed by atoms with Crippen molar-refractivity contribution in [1.29, 1.82) is 10.5 Å². The van der Waals surface area contributed by atoms with E-state index in [2.05, 4.69) is 59.5 Å². The number of hydrogen-bond donors (Lipinski definition) is 0. The Morgan fingerprint density at radius 3 is 1.32 bits per heavy atom. The van der Waals surface area contributed by atoms with Crippen LogP contribution in [-0.4, -0.2) is 26.4 Å². The number of nitrogens with zero attached hydrogens (tertiary/aromatic N) is 2. The molecule has 0 radical (unpaired) electrons. The smallest absolute Gasteiger partial charge is 0.145 e. The van der Waals surface area contributed by atoms with Gasteiger partial charge in [0.2, 0.25) is 0 Å². The predicted molar refractivity (Wildman–Crippen MR) is 146 cm³/mol. The van der Waals surface area contributed by atoms with Crippen LogP contribution in [0.4, 0.5) is 0 Å². The third kappa shape index (κ3) is 12.6. The van der Waals surface area contributed by atoms with E-state index in [-0.39, 0.29) is 26.4 Å². The van der Waals surface area contributed by atoms with Crippen LogP contribution < -0.4 is 0 Å². The molecule has 0 fully saturated rings. The Bertz CT molecular complexity index is 1230. The van der Waals surface area contributed by atoms with E-state index in [0.717, 1.165) is 11.1 Å². The highest BCUT2D eigenvalue weighted by atomic mass is 35.5. The Morgan fingerprint density at radius 1 is 0.568 bits per heavy atom. The topological polar surface area (TPSA) is 66.0 Å². The number of nitriles is 2. The predicted octanol–water partition coefficient (Wildman–Crippen LogP) is 6.03. The quantitative estimate of drug-likeness (QED) is 0.311. The second kappa shape index (κ2) is 17.6. The summed E-state index contributed by atoms with van der Waals surface area (Å²) in [7, 11) is 0. The van der Waals surface area contributed by atoms with Gasteiger partial charge in [-0.1, -0.05) is 58.7 Å². The SMILES string of the molecule is N#CC(C#N)(CCC#CCOCC#Cc1ccc(Cl)cc1)CCC#CCOCC#Cc1ccc(Cl)cc1. The van der Waals surface area contributed by atoms with Crippen LogP contribution >= 0.6 is 23.2 Å². The monoisotopic (exact) mass is 526 g/mol. The number of halogens is 2. The lowest BCUT2D eigenvalue weighted by atomic mass is 9.82. The third-order valence-electron chi connectivity index (χ3n) is 4.88. The van der Waals surface area contributed by atoms with Crippen molar-refractivity contribution in [2.24, 2.45) is 5.41 Å². The van der Waals surface area contributed by atoms with Gasteiger partial charge in [-0.15, -0.1) is 11.8 Å². The number of rotatable bonds is 8. The summed E-state index contributed by atoms with van der Waals surface area (Å²) in [5, 5.41) is 20.4. The molecule has 37 heavy (non-hydrogen) atoms. The largest absolute Gasteiger partial charge is 0.356 e. The van der Waals surface area contributed by atoms with Gasteiger partial charge in [-0.05, 0) is 61.4 Å². The molecule has 0 bridgehead atoms. The van der Waals surface area contributed by atoms with E-state index in [4.69, 9.17) is 32.7 Å². The van der Waals surface area contributed by atoms with Crippen LogP contribution in [0.5, 0.6) is 0 Å². The van der Waals surface area contributed by atoms with E-state index < -0.39 is 5.41 Å². The lowest BCUT2D eigenvalue weighted by Gasteiger charge is -2.15. The van der Waals surface area contributed by atoms with Crippen molar-refractivity contribution in [2.45, 2.75) is 25.7 Å². The molecule has 0 spiro atoms. The minimum absolute atomic E-state index is 0.233. The Kier molecular flexibility index (Phi) is 14.0. The first-order valence-corrected chi connectivity index (χ1v) is 12.2. The highest BCUT2D eigenvalue weighted by molar-refractivity contribution is 6.30. The molecule has 2 rings (SSSR count). The molecule has 0 N–H and O–H groups in total. The number of ether oxygens (including phenoxy) is 2. The molecule has 0 saturated heterocycles. The van der Waals surface area contributed by atoms with Gasteiger partial charge < -0.3 is 9.47 Å². The van der Waals surface area contributed by atoms with Crippen LogP contribution in [0.3, 0.4) is 0 Å². The first-order valence-electron chi connectivity index (χ1n) is 11.5. The molecule has 0 atom stereocenters. The zero-order chi connectivity index (χ0) is 26.6. The molecule has 0 saturated carbocycles. The summed E-state index contributed by atoms with van der Waals surface area (Å²) in [6.45, 7) is 0.984. The second-order valence-corrected chi connectivity index (χ2v) is 8.49. The summed E-state index contributed by atoms with van der Waals surface area (Å²) in [6.07, 6.45) is 1.54. The van der Waals surface area contributed by atoms with Crippen LogP contribution in [0.15, 0.2) is 48.5 Å². The van der Waals surface area contributed by atoms with Gasteiger partial charge in [0.05, 0.1) is 12.1 Å². The second-order valence-electron chi connectivity index (χ2n) is 7.62. The van der Waals surface area contributed by atoms with Crippen molar-refractivity contribution < 1.29 is 9.47 Å². The molecule has 0 aliphatic rings. The Morgan fingerprint density at radius 2 is 0.946 bits per heavy atom. The zero-order valence-electron chi connectivity index (χ0n) is 20.2. The highest BCUT2D eigenvalue weighted by Gasteiger charge is 2.28. The normalized spacial score (nSPS) is 9.51. The van der Waals surface area contributed by atoms with Gasteiger partial charge in [-0.3, -0.25) is 0 Å². The van der Waals surface area contributed by atoms with Gasteiger partial charge in [0.15, 0.2) is 0 Å². The summed E-state index contributed by atoms with van der Waals surface area (Å²) < 4.78 is 10.7. The summed E-state index contributed by atoms with van der Waals surface area (Å²) in [5.41, 5.74) is 0.611. The molecule has 184 valence electrons. The summed E-state index contributed by atoms with van der Waals surface area (Å²) in [6, 6.07) is 18.7. The van der Waals surface area contributed by atoms with E-state index in [9.17, 15) is 10.5 Å². The number of benzene rings is 2. The van der Waals surface area contributed by atoms with Crippen LogP contribution in [0.2, 0.25) is 10.0 Å². The molecule has 0 amide bonds. The van der Waals surface area contributed by atoms with E-state index >= 15 is 0 Å². The molecule has 2 aromatic rings. The van der Waals surface area contributed by atoms with E-state index in [1.165, 1.54) is 0 Å². The molecular formula is C31H24Cl2N2O2. The Balaban J connectivity index is 1.62. The van der Waals surface area contributed by atoms with E-state index in [0.29, 0.717) is 35.7 Å². The van der Waals surface area contributed by atoms with Gasteiger partial charge in [0.25, 0.3) is 0 Å². The Hall–Kier alpha value is -3.84. The third-order valence-corrected chi connectivity index (χ3v) is 5.39. The average Bonchev–Trinajstić information content (AvgIpc) is 2.92. The average molecular weight is 527 g/mol. The van der Waals surface area contributed by atoms with Crippen molar-refractivity contribution in [2.75, 3.05) is 26.4 Å². The fourth-order valence-corrected chi connectivity index (χ4v) is 3.11. The van der Waals surface area contributed by atoms with Crippen LogP contribution in [-0.2, 0) is 9.47 Å². The zero-order valence-corrected chi connectivity index (χ0v) is 21.8. The fourth-order valence-electron chi connectivity index (χ4n) is 2.85. The molecule has 2 aromatic carbocycles. The first-order chi connectivity index (χ1) is 18.1. The fraction of sp³-hybridized carbons (Fsp3) is 0.290. The van der Waals surface area contributed by atoms with Crippen LogP contribution in [0.1, 0.15) is 36.8 Å².